The normalized spacial score (nSPS) is 11.1. The van der Waals surface area contributed by atoms with Crippen molar-refractivity contribution in [1.82, 2.24) is 4.90 Å². The van der Waals surface area contributed by atoms with E-state index in [9.17, 15) is 13.2 Å². The van der Waals surface area contributed by atoms with Crippen molar-refractivity contribution in [3.63, 3.8) is 0 Å². The minimum absolute atomic E-state index is 0.130. The third-order valence-electron chi connectivity index (χ3n) is 4.32. The molecule has 0 saturated heterocycles. The van der Waals surface area contributed by atoms with Crippen LogP contribution < -0.4 is 9.04 Å². The molecule has 0 aliphatic rings. The van der Waals surface area contributed by atoms with E-state index in [1.165, 1.54) is 32.4 Å². The van der Waals surface area contributed by atoms with Crippen LogP contribution in [-0.4, -0.2) is 46.5 Å². The first-order valence-electron chi connectivity index (χ1n) is 8.48. The molecule has 0 aliphatic carbocycles. The van der Waals surface area contributed by atoms with E-state index in [-0.39, 0.29) is 15.8 Å². The van der Waals surface area contributed by atoms with E-state index in [1.807, 2.05) is 13.8 Å². The van der Waals surface area contributed by atoms with Crippen LogP contribution in [0.1, 0.15) is 24.2 Å². The molecule has 0 spiro atoms. The zero-order valence-corrected chi connectivity index (χ0v) is 17.3. The van der Waals surface area contributed by atoms with E-state index < -0.39 is 10.0 Å². The van der Waals surface area contributed by atoms with Gasteiger partial charge >= 0.3 is 0 Å². The SMILES string of the molecule is CCN(CC)C(=O)c1ccc(N(C)S(=O)(=O)c2ccc(OC)cc2)cc1Cl. The minimum atomic E-state index is -3.77. The van der Waals surface area contributed by atoms with E-state index in [0.29, 0.717) is 30.1 Å². The third-order valence-corrected chi connectivity index (χ3v) is 6.43. The average molecular weight is 411 g/mol. The fraction of sp³-hybridized carbons (Fsp3) is 0.316. The molecule has 0 atom stereocenters. The number of rotatable bonds is 7. The first kappa shape index (κ1) is 21.1. The smallest absolute Gasteiger partial charge is 0.264 e. The molecule has 0 bridgehead atoms. The summed E-state index contributed by atoms with van der Waals surface area (Å²) < 4.78 is 31.8. The molecule has 0 unspecified atom stereocenters. The number of methoxy groups -OCH3 is 1. The number of amides is 1. The Morgan fingerprint density at radius 3 is 2.15 bits per heavy atom. The number of hydrogen-bond donors (Lipinski definition) is 0. The number of benzene rings is 2. The Hall–Kier alpha value is -2.25. The molecule has 0 aliphatic heterocycles. The standard InChI is InChI=1S/C19H23ClN2O4S/c1-5-22(6-2)19(23)17-12-7-14(13-18(17)20)21(3)27(24,25)16-10-8-15(26-4)9-11-16/h7-13H,5-6H2,1-4H3. The van der Waals surface area contributed by atoms with Crippen LogP contribution in [0.2, 0.25) is 5.02 Å². The van der Waals surface area contributed by atoms with Crippen LogP contribution in [-0.2, 0) is 10.0 Å². The molecule has 0 N–H and O–H groups in total. The summed E-state index contributed by atoms with van der Waals surface area (Å²) in [7, 11) is -0.815. The molecule has 146 valence electrons. The molecule has 2 rings (SSSR count). The summed E-state index contributed by atoms with van der Waals surface area (Å²) in [6.45, 7) is 4.91. The topological polar surface area (TPSA) is 66.9 Å². The van der Waals surface area contributed by atoms with Crippen LogP contribution in [0.15, 0.2) is 47.4 Å². The van der Waals surface area contributed by atoms with E-state index in [0.717, 1.165) is 4.31 Å². The lowest BCUT2D eigenvalue weighted by atomic mass is 10.1. The van der Waals surface area contributed by atoms with Gasteiger partial charge in [0.2, 0.25) is 0 Å². The van der Waals surface area contributed by atoms with Crippen molar-refractivity contribution < 1.29 is 17.9 Å². The Kier molecular flexibility index (Phi) is 6.73. The third kappa shape index (κ3) is 4.36. The molecule has 0 radical (unpaired) electrons. The highest BCUT2D eigenvalue weighted by Gasteiger charge is 2.23. The molecule has 0 fully saturated rings. The number of hydrogen-bond acceptors (Lipinski definition) is 4. The molecular formula is C19H23ClN2O4S. The molecule has 0 heterocycles. The fourth-order valence-corrected chi connectivity index (χ4v) is 4.04. The van der Waals surface area contributed by atoms with Crippen LogP contribution >= 0.6 is 11.6 Å². The van der Waals surface area contributed by atoms with Gasteiger partial charge in [-0.25, -0.2) is 8.42 Å². The lowest BCUT2D eigenvalue weighted by Gasteiger charge is -2.22. The number of carbonyl (C=O) groups excluding carboxylic acids is 1. The Morgan fingerprint density at radius 1 is 1.07 bits per heavy atom. The number of nitrogens with zero attached hydrogens (tertiary/aromatic N) is 2. The van der Waals surface area contributed by atoms with Crippen LogP contribution in [0.5, 0.6) is 5.75 Å². The van der Waals surface area contributed by atoms with E-state index in [4.69, 9.17) is 16.3 Å². The first-order valence-corrected chi connectivity index (χ1v) is 10.3. The van der Waals surface area contributed by atoms with E-state index >= 15 is 0 Å². The highest BCUT2D eigenvalue weighted by Crippen LogP contribution is 2.28. The Labute approximate surface area is 165 Å². The van der Waals surface area contributed by atoms with Crippen molar-refractivity contribution in [2.45, 2.75) is 18.7 Å². The Morgan fingerprint density at radius 2 is 1.67 bits per heavy atom. The van der Waals surface area contributed by atoms with Crippen LogP contribution in [0.4, 0.5) is 5.69 Å². The maximum absolute atomic E-state index is 12.8. The molecule has 2 aromatic rings. The maximum Gasteiger partial charge on any atom is 0.264 e. The number of sulfonamides is 1. The van der Waals surface area contributed by atoms with Crippen LogP contribution in [0, 0.1) is 0 Å². The monoisotopic (exact) mass is 410 g/mol. The van der Waals surface area contributed by atoms with Crippen molar-refractivity contribution >= 4 is 33.2 Å². The van der Waals surface area contributed by atoms with Gasteiger partial charge in [0.1, 0.15) is 5.75 Å². The highest BCUT2D eigenvalue weighted by molar-refractivity contribution is 7.92. The molecular weight excluding hydrogens is 388 g/mol. The van der Waals surface area contributed by atoms with Crippen LogP contribution in [0.25, 0.3) is 0 Å². The molecule has 2 aromatic carbocycles. The molecule has 0 saturated carbocycles. The number of ether oxygens (including phenoxy) is 1. The van der Waals surface area contributed by atoms with Gasteiger partial charge in [-0.2, -0.15) is 0 Å². The van der Waals surface area contributed by atoms with Gasteiger partial charge in [-0.05, 0) is 56.3 Å². The summed E-state index contributed by atoms with van der Waals surface area (Å²) in [4.78, 5) is 14.3. The summed E-state index contributed by atoms with van der Waals surface area (Å²) >= 11 is 6.28. The van der Waals surface area contributed by atoms with E-state index in [1.54, 1.807) is 29.2 Å². The number of anilines is 1. The van der Waals surface area contributed by atoms with Crippen LogP contribution in [0.3, 0.4) is 0 Å². The number of halogens is 1. The minimum Gasteiger partial charge on any atom is -0.497 e. The predicted molar refractivity (Wildman–Crippen MR) is 107 cm³/mol. The molecule has 0 aromatic heterocycles. The van der Waals surface area contributed by atoms with Gasteiger partial charge in [-0.3, -0.25) is 9.10 Å². The summed E-state index contributed by atoms with van der Waals surface area (Å²) in [5, 5.41) is 0.209. The molecule has 27 heavy (non-hydrogen) atoms. The van der Waals surface area contributed by atoms with Gasteiger partial charge in [0, 0.05) is 20.1 Å². The van der Waals surface area contributed by atoms with Crippen molar-refractivity contribution in [3.05, 3.63) is 53.1 Å². The van der Waals surface area contributed by atoms with Crippen molar-refractivity contribution in [1.29, 1.82) is 0 Å². The molecule has 8 heteroatoms. The van der Waals surface area contributed by atoms with Gasteiger partial charge in [0.05, 0.1) is 28.3 Å². The highest BCUT2D eigenvalue weighted by atomic mass is 35.5. The van der Waals surface area contributed by atoms with Crippen molar-refractivity contribution in [3.8, 4) is 5.75 Å². The van der Waals surface area contributed by atoms with Gasteiger partial charge in [0.15, 0.2) is 0 Å². The Balaban J connectivity index is 2.34. The number of carbonyl (C=O) groups is 1. The second-order valence-corrected chi connectivity index (χ2v) is 8.17. The average Bonchev–Trinajstić information content (AvgIpc) is 2.68. The largest absolute Gasteiger partial charge is 0.497 e. The van der Waals surface area contributed by atoms with Gasteiger partial charge in [-0.15, -0.1) is 0 Å². The van der Waals surface area contributed by atoms with Crippen molar-refractivity contribution in [2.24, 2.45) is 0 Å². The first-order chi connectivity index (χ1) is 12.8. The Bertz CT molecular complexity index is 910. The van der Waals surface area contributed by atoms with Gasteiger partial charge in [0.25, 0.3) is 15.9 Å². The predicted octanol–water partition coefficient (Wildman–Crippen LogP) is 3.66. The maximum atomic E-state index is 12.8. The quantitative estimate of drug-likeness (QED) is 0.698. The second-order valence-electron chi connectivity index (χ2n) is 5.79. The van der Waals surface area contributed by atoms with Gasteiger partial charge < -0.3 is 9.64 Å². The lowest BCUT2D eigenvalue weighted by molar-refractivity contribution is 0.0773. The summed E-state index contributed by atoms with van der Waals surface area (Å²) in [5.41, 5.74) is 0.714. The zero-order chi connectivity index (χ0) is 20.2. The lowest BCUT2D eigenvalue weighted by Crippen LogP contribution is -2.31. The summed E-state index contributed by atoms with van der Waals surface area (Å²) in [6.07, 6.45) is 0. The second kappa shape index (κ2) is 8.63. The molecule has 1 amide bonds. The van der Waals surface area contributed by atoms with Crippen molar-refractivity contribution in [2.75, 3.05) is 31.6 Å². The zero-order valence-electron chi connectivity index (χ0n) is 15.8. The fourth-order valence-electron chi connectivity index (χ4n) is 2.60. The van der Waals surface area contributed by atoms with Gasteiger partial charge in [-0.1, -0.05) is 11.6 Å². The van der Waals surface area contributed by atoms with E-state index in [2.05, 4.69) is 0 Å². The summed E-state index contributed by atoms with van der Waals surface area (Å²) in [5.74, 6) is 0.385. The summed E-state index contributed by atoms with van der Waals surface area (Å²) in [6, 6.07) is 10.7. The molecule has 6 nitrogen and oxygen atoms in total.